The number of alkyl halides is 3. The standard InChI is InChI=1S/C24H36F3N3O3/c1-8-29(12-10-24(25,26)27)14-13-28(6)16-19-18-9-11-30(22(31)33-23(3,4)5)21(18)17(2)15-20(19)32-7/h9,11,15H,8,10,12-14,16H2,1-7H3. The van der Waals surface area contributed by atoms with E-state index in [1.165, 1.54) is 4.57 Å². The number of benzene rings is 1. The highest BCUT2D eigenvalue weighted by Crippen LogP contribution is 2.33. The Balaban J connectivity index is 2.23. The molecule has 0 aliphatic rings. The third-order valence-corrected chi connectivity index (χ3v) is 5.42. The fourth-order valence-electron chi connectivity index (χ4n) is 3.75. The minimum Gasteiger partial charge on any atom is -0.496 e. The van der Waals surface area contributed by atoms with Gasteiger partial charge in [0.15, 0.2) is 0 Å². The molecule has 1 aromatic carbocycles. The SMILES string of the molecule is CCN(CCN(C)Cc1c(OC)cc(C)c2c1ccn2C(=O)OC(C)(C)C)CCC(F)(F)F. The molecule has 0 fully saturated rings. The van der Waals surface area contributed by atoms with Gasteiger partial charge in [-0.25, -0.2) is 4.79 Å². The second-order valence-corrected chi connectivity index (χ2v) is 9.34. The van der Waals surface area contributed by atoms with Gasteiger partial charge in [0.2, 0.25) is 0 Å². The normalized spacial score (nSPS) is 12.7. The van der Waals surface area contributed by atoms with Crippen molar-refractivity contribution in [1.82, 2.24) is 14.4 Å². The number of rotatable bonds is 9. The number of halogens is 3. The quantitative estimate of drug-likeness (QED) is 0.487. The molecule has 0 bridgehead atoms. The van der Waals surface area contributed by atoms with Crippen LogP contribution in [-0.2, 0) is 11.3 Å². The van der Waals surface area contributed by atoms with Crippen LogP contribution in [0.4, 0.5) is 18.0 Å². The highest BCUT2D eigenvalue weighted by molar-refractivity contribution is 5.95. The average Bonchev–Trinajstić information content (AvgIpc) is 3.14. The molecule has 2 rings (SSSR count). The van der Waals surface area contributed by atoms with Gasteiger partial charge < -0.3 is 19.3 Å². The molecule has 0 saturated carbocycles. The molecule has 0 saturated heterocycles. The molecule has 1 heterocycles. The number of hydrogen-bond donors (Lipinski definition) is 0. The number of ether oxygens (including phenoxy) is 2. The summed E-state index contributed by atoms with van der Waals surface area (Å²) in [5.41, 5.74) is 1.94. The van der Waals surface area contributed by atoms with Gasteiger partial charge in [0, 0.05) is 43.3 Å². The van der Waals surface area contributed by atoms with Crippen molar-refractivity contribution in [3.8, 4) is 5.75 Å². The van der Waals surface area contributed by atoms with Gasteiger partial charge in [0.1, 0.15) is 11.4 Å². The predicted octanol–water partition coefficient (Wildman–Crippen LogP) is 5.45. The summed E-state index contributed by atoms with van der Waals surface area (Å²) in [5.74, 6) is 0.707. The highest BCUT2D eigenvalue weighted by atomic mass is 19.4. The lowest BCUT2D eigenvalue weighted by atomic mass is 10.0. The highest BCUT2D eigenvalue weighted by Gasteiger charge is 2.27. The molecular weight excluding hydrogens is 435 g/mol. The molecule has 2 aromatic rings. The van der Waals surface area contributed by atoms with E-state index in [0.29, 0.717) is 31.9 Å². The van der Waals surface area contributed by atoms with Crippen LogP contribution in [0.1, 0.15) is 45.2 Å². The van der Waals surface area contributed by atoms with Gasteiger partial charge in [0.25, 0.3) is 0 Å². The largest absolute Gasteiger partial charge is 0.496 e. The molecular formula is C24H36F3N3O3. The number of likely N-dealkylation sites (N-methyl/N-ethyl adjacent to an activating group) is 2. The van der Waals surface area contributed by atoms with Gasteiger partial charge in [-0.05, 0) is 59.0 Å². The van der Waals surface area contributed by atoms with Crippen LogP contribution < -0.4 is 4.74 Å². The Bertz CT molecular complexity index is 948. The summed E-state index contributed by atoms with van der Waals surface area (Å²) in [6, 6.07) is 3.77. The van der Waals surface area contributed by atoms with Crippen molar-refractivity contribution in [1.29, 1.82) is 0 Å². The number of aromatic nitrogens is 1. The fraction of sp³-hybridized carbons (Fsp3) is 0.625. The summed E-state index contributed by atoms with van der Waals surface area (Å²) in [4.78, 5) is 16.6. The molecule has 9 heteroatoms. The second-order valence-electron chi connectivity index (χ2n) is 9.34. The summed E-state index contributed by atoms with van der Waals surface area (Å²) in [6.07, 6.45) is -3.71. The van der Waals surface area contributed by atoms with Crippen molar-refractivity contribution in [2.24, 2.45) is 0 Å². The maximum Gasteiger partial charge on any atom is 0.419 e. The summed E-state index contributed by atoms with van der Waals surface area (Å²) < 4.78 is 50.4. The first-order valence-corrected chi connectivity index (χ1v) is 11.1. The number of hydrogen-bond acceptors (Lipinski definition) is 5. The van der Waals surface area contributed by atoms with E-state index in [9.17, 15) is 18.0 Å². The lowest BCUT2D eigenvalue weighted by Gasteiger charge is -2.25. The molecule has 0 aliphatic carbocycles. The van der Waals surface area contributed by atoms with Crippen LogP contribution in [0.5, 0.6) is 5.75 Å². The van der Waals surface area contributed by atoms with Gasteiger partial charge in [-0.15, -0.1) is 0 Å². The van der Waals surface area contributed by atoms with Crippen molar-refractivity contribution in [3.05, 3.63) is 29.5 Å². The zero-order valence-electron chi connectivity index (χ0n) is 20.7. The summed E-state index contributed by atoms with van der Waals surface area (Å²) in [5, 5.41) is 0.883. The molecule has 0 N–H and O–H groups in total. The first-order valence-electron chi connectivity index (χ1n) is 11.1. The molecule has 186 valence electrons. The maximum absolute atomic E-state index is 12.7. The zero-order valence-corrected chi connectivity index (χ0v) is 20.7. The van der Waals surface area contributed by atoms with E-state index >= 15 is 0 Å². The topological polar surface area (TPSA) is 46.9 Å². The van der Waals surface area contributed by atoms with Crippen LogP contribution in [-0.4, -0.2) is 72.6 Å². The van der Waals surface area contributed by atoms with E-state index in [4.69, 9.17) is 9.47 Å². The Hall–Kier alpha value is -2.26. The molecule has 6 nitrogen and oxygen atoms in total. The summed E-state index contributed by atoms with van der Waals surface area (Å²) in [6.45, 7) is 11.4. The number of methoxy groups -OCH3 is 1. The van der Waals surface area contributed by atoms with Crippen molar-refractivity contribution in [2.75, 3.05) is 40.3 Å². The van der Waals surface area contributed by atoms with Gasteiger partial charge in [0.05, 0.1) is 19.0 Å². The van der Waals surface area contributed by atoms with Gasteiger partial charge >= 0.3 is 12.3 Å². The van der Waals surface area contributed by atoms with Gasteiger partial charge in [-0.1, -0.05) is 6.92 Å². The van der Waals surface area contributed by atoms with E-state index in [-0.39, 0.29) is 6.54 Å². The minimum atomic E-state index is -4.15. The Morgan fingerprint density at radius 1 is 1.15 bits per heavy atom. The van der Waals surface area contributed by atoms with Crippen LogP contribution in [0.3, 0.4) is 0 Å². The van der Waals surface area contributed by atoms with Crippen LogP contribution in [0.25, 0.3) is 10.9 Å². The minimum absolute atomic E-state index is 0.00925. The third kappa shape index (κ3) is 7.64. The number of aryl methyl sites for hydroxylation is 1. The van der Waals surface area contributed by atoms with Crippen LogP contribution in [0.15, 0.2) is 18.3 Å². The number of carbonyl (C=O) groups excluding carboxylic acids is 1. The fourth-order valence-corrected chi connectivity index (χ4v) is 3.75. The van der Waals surface area contributed by atoms with Crippen molar-refractivity contribution in [3.63, 3.8) is 0 Å². The number of nitrogens with zero attached hydrogens (tertiary/aromatic N) is 3. The summed E-state index contributed by atoms with van der Waals surface area (Å²) >= 11 is 0. The Morgan fingerprint density at radius 2 is 1.82 bits per heavy atom. The first-order chi connectivity index (χ1) is 15.3. The predicted molar refractivity (Wildman–Crippen MR) is 124 cm³/mol. The molecule has 33 heavy (non-hydrogen) atoms. The van der Waals surface area contributed by atoms with E-state index in [0.717, 1.165) is 22.0 Å². The molecule has 0 spiro atoms. The molecule has 1 aromatic heterocycles. The van der Waals surface area contributed by atoms with Crippen molar-refractivity contribution in [2.45, 2.75) is 59.4 Å². The Labute approximate surface area is 194 Å². The van der Waals surface area contributed by atoms with Crippen LogP contribution >= 0.6 is 0 Å². The van der Waals surface area contributed by atoms with Gasteiger partial charge in [-0.3, -0.25) is 4.57 Å². The Kier molecular flexibility index (Phi) is 8.81. The Morgan fingerprint density at radius 3 is 2.36 bits per heavy atom. The van der Waals surface area contributed by atoms with E-state index in [2.05, 4.69) is 0 Å². The van der Waals surface area contributed by atoms with Crippen molar-refractivity contribution >= 4 is 17.0 Å². The third-order valence-electron chi connectivity index (χ3n) is 5.42. The molecule has 0 amide bonds. The lowest BCUT2D eigenvalue weighted by molar-refractivity contribution is -0.137. The second kappa shape index (κ2) is 10.8. The molecule has 0 atom stereocenters. The number of fused-ring (bicyclic) bond motifs is 1. The number of carbonyl (C=O) groups is 1. The van der Waals surface area contributed by atoms with E-state index < -0.39 is 24.3 Å². The monoisotopic (exact) mass is 471 g/mol. The van der Waals surface area contributed by atoms with Crippen LogP contribution in [0.2, 0.25) is 0 Å². The molecule has 0 aliphatic heterocycles. The van der Waals surface area contributed by atoms with Crippen LogP contribution in [0, 0.1) is 6.92 Å². The molecule has 0 unspecified atom stereocenters. The zero-order chi connectivity index (χ0) is 25.0. The van der Waals surface area contributed by atoms with E-state index in [1.54, 1.807) is 18.2 Å². The first kappa shape index (κ1) is 27.0. The lowest BCUT2D eigenvalue weighted by Crippen LogP contribution is -2.35. The van der Waals surface area contributed by atoms with Gasteiger partial charge in [-0.2, -0.15) is 13.2 Å². The van der Waals surface area contributed by atoms with Crippen molar-refractivity contribution < 1.29 is 27.4 Å². The maximum atomic E-state index is 12.7. The summed E-state index contributed by atoms with van der Waals surface area (Å²) in [7, 11) is 3.53. The average molecular weight is 472 g/mol. The van der Waals surface area contributed by atoms with E-state index in [1.807, 2.05) is 58.7 Å². The molecule has 0 radical (unpaired) electrons. The smallest absolute Gasteiger partial charge is 0.419 e.